The molecule has 0 spiro atoms. The first-order valence-electron chi connectivity index (χ1n) is 7.47. The molecule has 128 valence electrons. The lowest BCUT2D eigenvalue weighted by molar-refractivity contribution is -0.116. The Labute approximate surface area is 147 Å². The first-order valence-corrected chi connectivity index (χ1v) is 8.35. The fourth-order valence-corrected chi connectivity index (χ4v) is 3.06. The minimum Gasteiger partial charge on any atom is -0.352 e. The maximum atomic E-state index is 12.3. The van der Waals surface area contributed by atoms with E-state index in [1.807, 2.05) is 17.5 Å². The number of primary amides is 1. The summed E-state index contributed by atoms with van der Waals surface area (Å²) in [5, 5.41) is 11.3. The van der Waals surface area contributed by atoms with Crippen molar-refractivity contribution in [1.82, 2.24) is 20.1 Å². The number of amides is 3. The van der Waals surface area contributed by atoms with E-state index >= 15 is 0 Å². The van der Waals surface area contributed by atoms with Gasteiger partial charge in [0.2, 0.25) is 5.91 Å². The number of nitrogens with one attached hydrogen (secondary N) is 2. The highest BCUT2D eigenvalue weighted by atomic mass is 32.1. The molecular weight excluding hydrogens is 340 g/mol. The number of anilines is 1. The average Bonchev–Trinajstić information content (AvgIpc) is 3.28. The molecule has 9 heteroatoms. The molecule has 8 nitrogen and oxygen atoms in total. The number of hydrogen-bond donors (Lipinski definition) is 3. The molecule has 3 aromatic heterocycles. The van der Waals surface area contributed by atoms with Gasteiger partial charge in [-0.2, -0.15) is 5.10 Å². The Bertz CT molecular complexity index is 830. The summed E-state index contributed by atoms with van der Waals surface area (Å²) in [6.07, 6.45) is 5.07. The van der Waals surface area contributed by atoms with Gasteiger partial charge in [-0.25, -0.2) is 14.5 Å². The SMILES string of the molecule is NC(=O)NC(CC(=O)Nc1ccc(-n2cccn2)nc1)c1cccs1. The first kappa shape index (κ1) is 16.7. The van der Waals surface area contributed by atoms with Gasteiger partial charge in [-0.05, 0) is 29.6 Å². The minimum atomic E-state index is -0.670. The molecule has 0 aliphatic heterocycles. The predicted octanol–water partition coefficient (Wildman–Crippen LogP) is 2.07. The molecule has 0 aliphatic rings. The van der Waals surface area contributed by atoms with Crippen LogP contribution in [0.5, 0.6) is 0 Å². The third-order valence-electron chi connectivity index (χ3n) is 3.36. The number of aromatic nitrogens is 3. The quantitative estimate of drug-likeness (QED) is 0.627. The molecule has 0 saturated heterocycles. The Morgan fingerprint density at radius 2 is 2.16 bits per heavy atom. The lowest BCUT2D eigenvalue weighted by atomic mass is 10.1. The zero-order valence-electron chi connectivity index (χ0n) is 13.1. The Kier molecular flexibility index (Phi) is 5.05. The number of nitrogens with two attached hydrogens (primary N) is 1. The number of carbonyl (C=O) groups excluding carboxylic acids is 2. The molecule has 3 amide bonds. The van der Waals surface area contributed by atoms with Crippen LogP contribution in [0.25, 0.3) is 5.82 Å². The molecule has 0 aromatic carbocycles. The molecule has 3 heterocycles. The van der Waals surface area contributed by atoms with E-state index in [9.17, 15) is 9.59 Å². The summed E-state index contributed by atoms with van der Waals surface area (Å²) < 4.78 is 1.62. The van der Waals surface area contributed by atoms with Gasteiger partial charge in [0.25, 0.3) is 0 Å². The second kappa shape index (κ2) is 7.58. The number of carbonyl (C=O) groups is 2. The minimum absolute atomic E-state index is 0.0738. The molecule has 1 atom stereocenters. The third-order valence-corrected chi connectivity index (χ3v) is 4.35. The van der Waals surface area contributed by atoms with Gasteiger partial charge < -0.3 is 16.4 Å². The van der Waals surface area contributed by atoms with Crippen LogP contribution in [-0.2, 0) is 4.79 Å². The maximum absolute atomic E-state index is 12.3. The number of urea groups is 1. The average molecular weight is 356 g/mol. The van der Waals surface area contributed by atoms with E-state index in [0.29, 0.717) is 11.5 Å². The molecule has 0 saturated carbocycles. The smallest absolute Gasteiger partial charge is 0.312 e. The van der Waals surface area contributed by atoms with Crippen molar-refractivity contribution in [3.63, 3.8) is 0 Å². The van der Waals surface area contributed by atoms with Gasteiger partial charge in [0, 0.05) is 17.3 Å². The monoisotopic (exact) mass is 356 g/mol. The highest BCUT2D eigenvalue weighted by Crippen LogP contribution is 2.22. The number of pyridine rings is 1. The van der Waals surface area contributed by atoms with Crippen molar-refractivity contribution in [3.8, 4) is 5.82 Å². The summed E-state index contributed by atoms with van der Waals surface area (Å²) in [6, 6.07) is 7.85. The van der Waals surface area contributed by atoms with Crippen LogP contribution in [-0.4, -0.2) is 26.7 Å². The van der Waals surface area contributed by atoms with Crippen molar-refractivity contribution in [1.29, 1.82) is 0 Å². The summed E-state index contributed by atoms with van der Waals surface area (Å²) in [4.78, 5) is 28.5. The summed E-state index contributed by atoms with van der Waals surface area (Å²) in [5.41, 5.74) is 5.76. The first-order chi connectivity index (χ1) is 12.1. The van der Waals surface area contributed by atoms with Gasteiger partial charge >= 0.3 is 6.03 Å². The van der Waals surface area contributed by atoms with Gasteiger partial charge in [-0.1, -0.05) is 6.07 Å². The molecule has 4 N–H and O–H groups in total. The predicted molar refractivity (Wildman–Crippen MR) is 94.4 cm³/mol. The van der Waals surface area contributed by atoms with E-state index < -0.39 is 12.1 Å². The van der Waals surface area contributed by atoms with E-state index in [-0.39, 0.29) is 12.3 Å². The number of thiophene rings is 1. The molecule has 0 fully saturated rings. The standard InChI is InChI=1S/C16H16N6O2S/c17-16(24)21-12(13-3-1-8-25-13)9-15(23)20-11-4-5-14(18-10-11)22-7-2-6-19-22/h1-8,10,12H,9H2,(H,20,23)(H3,17,21,24). The van der Waals surface area contributed by atoms with Crippen molar-refractivity contribution < 1.29 is 9.59 Å². The van der Waals surface area contributed by atoms with Crippen LogP contribution in [0.15, 0.2) is 54.3 Å². The second-order valence-electron chi connectivity index (χ2n) is 5.18. The maximum Gasteiger partial charge on any atom is 0.312 e. The molecule has 1 unspecified atom stereocenters. The van der Waals surface area contributed by atoms with Crippen molar-refractivity contribution in [2.45, 2.75) is 12.5 Å². The summed E-state index contributed by atoms with van der Waals surface area (Å²) >= 11 is 1.45. The number of hydrogen-bond acceptors (Lipinski definition) is 5. The van der Waals surface area contributed by atoms with Crippen molar-refractivity contribution in [2.75, 3.05) is 5.32 Å². The topological polar surface area (TPSA) is 115 Å². The molecular formula is C16H16N6O2S. The molecule has 3 aromatic rings. The van der Waals surface area contributed by atoms with Crippen LogP contribution in [0.3, 0.4) is 0 Å². The van der Waals surface area contributed by atoms with Crippen LogP contribution in [0, 0.1) is 0 Å². The van der Waals surface area contributed by atoms with Crippen LogP contribution in [0.2, 0.25) is 0 Å². The van der Waals surface area contributed by atoms with Crippen LogP contribution in [0.1, 0.15) is 17.3 Å². The largest absolute Gasteiger partial charge is 0.352 e. The van der Waals surface area contributed by atoms with E-state index in [1.54, 1.807) is 41.5 Å². The van der Waals surface area contributed by atoms with E-state index in [4.69, 9.17) is 5.73 Å². The molecule has 0 bridgehead atoms. The zero-order valence-corrected chi connectivity index (χ0v) is 13.9. The summed E-state index contributed by atoms with van der Waals surface area (Å²) in [5.74, 6) is 0.399. The highest BCUT2D eigenvalue weighted by molar-refractivity contribution is 7.10. The van der Waals surface area contributed by atoms with Gasteiger partial charge in [-0.15, -0.1) is 11.3 Å². The fraction of sp³-hybridized carbons (Fsp3) is 0.125. The summed E-state index contributed by atoms with van der Waals surface area (Å²) in [6.45, 7) is 0. The Morgan fingerprint density at radius 1 is 1.28 bits per heavy atom. The molecule has 3 rings (SSSR count). The number of nitrogens with zero attached hydrogens (tertiary/aromatic N) is 3. The lowest BCUT2D eigenvalue weighted by Gasteiger charge is -2.15. The van der Waals surface area contributed by atoms with Crippen molar-refractivity contribution >= 4 is 29.0 Å². The van der Waals surface area contributed by atoms with E-state index in [2.05, 4.69) is 20.7 Å². The van der Waals surface area contributed by atoms with Crippen molar-refractivity contribution in [3.05, 3.63) is 59.2 Å². The number of rotatable bonds is 6. The lowest BCUT2D eigenvalue weighted by Crippen LogP contribution is -2.34. The normalized spacial score (nSPS) is 11.7. The van der Waals surface area contributed by atoms with Crippen LogP contribution >= 0.6 is 11.3 Å². The van der Waals surface area contributed by atoms with E-state index in [0.717, 1.165) is 4.88 Å². The fourth-order valence-electron chi connectivity index (χ4n) is 2.28. The Morgan fingerprint density at radius 3 is 2.76 bits per heavy atom. The molecule has 25 heavy (non-hydrogen) atoms. The summed E-state index contributed by atoms with van der Waals surface area (Å²) in [7, 11) is 0. The Balaban J connectivity index is 1.63. The van der Waals surface area contributed by atoms with Crippen LogP contribution < -0.4 is 16.4 Å². The third kappa shape index (κ3) is 4.42. The molecule has 0 aliphatic carbocycles. The van der Waals surface area contributed by atoms with Gasteiger partial charge in [0.15, 0.2) is 5.82 Å². The van der Waals surface area contributed by atoms with Crippen LogP contribution in [0.4, 0.5) is 10.5 Å². The van der Waals surface area contributed by atoms with Gasteiger partial charge in [0.1, 0.15) is 0 Å². The zero-order chi connectivity index (χ0) is 17.6. The van der Waals surface area contributed by atoms with Gasteiger partial charge in [0.05, 0.1) is 24.3 Å². The Hall–Kier alpha value is -3.20. The van der Waals surface area contributed by atoms with Gasteiger partial charge in [-0.3, -0.25) is 4.79 Å². The second-order valence-corrected chi connectivity index (χ2v) is 6.16. The van der Waals surface area contributed by atoms with Crippen molar-refractivity contribution in [2.24, 2.45) is 5.73 Å². The molecule has 0 radical (unpaired) electrons. The highest BCUT2D eigenvalue weighted by Gasteiger charge is 2.18. The van der Waals surface area contributed by atoms with E-state index in [1.165, 1.54) is 11.3 Å².